The topological polar surface area (TPSA) is 44.4 Å². The van der Waals surface area contributed by atoms with Gasteiger partial charge in [0.25, 0.3) is 0 Å². The smallest absolute Gasteiger partial charge is 0.241 e. The van der Waals surface area contributed by atoms with Gasteiger partial charge in [0.2, 0.25) is 5.91 Å². The van der Waals surface area contributed by atoms with Gasteiger partial charge in [-0.15, -0.1) is 0 Å². The molecule has 4 nitrogen and oxygen atoms in total. The third-order valence-corrected chi connectivity index (χ3v) is 3.49. The van der Waals surface area contributed by atoms with Crippen molar-refractivity contribution in [1.82, 2.24) is 10.2 Å². The SMILES string of the molecule is CC(NCC(C)(C)N(C)C)C(=O)Nc1ccccc1. The van der Waals surface area contributed by atoms with E-state index in [0.717, 1.165) is 12.2 Å². The molecular weight excluding hydrogens is 238 g/mol. The maximum Gasteiger partial charge on any atom is 0.241 e. The molecule has 1 atom stereocenters. The lowest BCUT2D eigenvalue weighted by atomic mass is 10.0. The van der Waals surface area contributed by atoms with Crippen LogP contribution in [0.2, 0.25) is 0 Å². The molecule has 0 spiro atoms. The van der Waals surface area contributed by atoms with E-state index in [9.17, 15) is 4.79 Å². The fourth-order valence-electron chi connectivity index (χ4n) is 1.43. The standard InChI is InChI=1S/C15H25N3O/c1-12(16-11-15(2,3)18(4)5)14(19)17-13-9-7-6-8-10-13/h6-10,12,16H,11H2,1-5H3,(H,17,19). The number of hydrogen-bond donors (Lipinski definition) is 2. The third-order valence-electron chi connectivity index (χ3n) is 3.49. The van der Waals surface area contributed by atoms with Crippen LogP contribution in [-0.2, 0) is 4.79 Å². The molecule has 0 saturated carbocycles. The first-order chi connectivity index (χ1) is 8.83. The van der Waals surface area contributed by atoms with E-state index in [-0.39, 0.29) is 17.5 Å². The fourth-order valence-corrected chi connectivity index (χ4v) is 1.43. The van der Waals surface area contributed by atoms with E-state index in [4.69, 9.17) is 0 Å². The van der Waals surface area contributed by atoms with Gasteiger partial charge in [0.05, 0.1) is 6.04 Å². The summed E-state index contributed by atoms with van der Waals surface area (Å²) >= 11 is 0. The summed E-state index contributed by atoms with van der Waals surface area (Å²) in [7, 11) is 4.08. The Morgan fingerprint density at radius 1 is 1.26 bits per heavy atom. The first kappa shape index (κ1) is 15.7. The Kier molecular flexibility index (Phi) is 5.51. The van der Waals surface area contributed by atoms with E-state index >= 15 is 0 Å². The third kappa shape index (κ3) is 5.01. The Bertz CT molecular complexity index is 401. The largest absolute Gasteiger partial charge is 0.325 e. The molecule has 1 aromatic rings. The highest BCUT2D eigenvalue weighted by atomic mass is 16.2. The molecule has 0 bridgehead atoms. The van der Waals surface area contributed by atoms with E-state index in [2.05, 4.69) is 29.4 Å². The summed E-state index contributed by atoms with van der Waals surface area (Å²) < 4.78 is 0. The van der Waals surface area contributed by atoms with Gasteiger partial charge in [0.15, 0.2) is 0 Å². The van der Waals surface area contributed by atoms with Gasteiger partial charge in [-0.3, -0.25) is 4.79 Å². The van der Waals surface area contributed by atoms with Crippen molar-refractivity contribution in [2.75, 3.05) is 26.0 Å². The Morgan fingerprint density at radius 3 is 2.37 bits per heavy atom. The molecule has 1 rings (SSSR count). The maximum atomic E-state index is 12.0. The van der Waals surface area contributed by atoms with Gasteiger partial charge < -0.3 is 15.5 Å². The van der Waals surface area contributed by atoms with Crippen molar-refractivity contribution in [2.45, 2.75) is 32.4 Å². The summed E-state index contributed by atoms with van der Waals surface area (Å²) in [5.41, 5.74) is 0.842. The van der Waals surface area contributed by atoms with Crippen LogP contribution in [0.1, 0.15) is 20.8 Å². The molecule has 0 saturated heterocycles. The number of rotatable bonds is 6. The quantitative estimate of drug-likeness (QED) is 0.824. The molecule has 1 unspecified atom stereocenters. The van der Waals surface area contributed by atoms with Crippen molar-refractivity contribution in [2.24, 2.45) is 0 Å². The highest BCUT2D eigenvalue weighted by molar-refractivity contribution is 5.94. The van der Waals surface area contributed by atoms with Crippen molar-refractivity contribution >= 4 is 11.6 Å². The molecule has 0 aliphatic rings. The normalized spacial score (nSPS) is 13.4. The zero-order valence-corrected chi connectivity index (χ0v) is 12.5. The lowest BCUT2D eigenvalue weighted by molar-refractivity contribution is -0.117. The molecule has 19 heavy (non-hydrogen) atoms. The summed E-state index contributed by atoms with van der Waals surface area (Å²) in [6, 6.07) is 9.28. The summed E-state index contributed by atoms with van der Waals surface area (Å²) in [6.45, 7) is 6.91. The molecule has 0 aromatic heterocycles. The number of amides is 1. The lowest BCUT2D eigenvalue weighted by Crippen LogP contribution is -2.51. The highest BCUT2D eigenvalue weighted by Crippen LogP contribution is 2.09. The molecule has 0 radical (unpaired) electrons. The average Bonchev–Trinajstić information content (AvgIpc) is 2.37. The number of hydrogen-bond acceptors (Lipinski definition) is 3. The van der Waals surface area contributed by atoms with Crippen LogP contribution >= 0.6 is 0 Å². The predicted octanol–water partition coefficient (Wildman–Crippen LogP) is 1.94. The highest BCUT2D eigenvalue weighted by Gasteiger charge is 2.22. The van der Waals surface area contributed by atoms with E-state index in [1.165, 1.54) is 0 Å². The van der Waals surface area contributed by atoms with Gasteiger partial charge in [-0.1, -0.05) is 18.2 Å². The monoisotopic (exact) mass is 263 g/mol. The molecule has 0 heterocycles. The van der Waals surface area contributed by atoms with Crippen LogP contribution < -0.4 is 10.6 Å². The molecule has 4 heteroatoms. The Balaban J connectivity index is 2.46. The second kappa shape index (κ2) is 6.68. The number of benzene rings is 1. The van der Waals surface area contributed by atoms with Crippen molar-refractivity contribution in [3.8, 4) is 0 Å². The van der Waals surface area contributed by atoms with Crippen LogP contribution in [0.5, 0.6) is 0 Å². The van der Waals surface area contributed by atoms with Gasteiger partial charge in [0, 0.05) is 17.8 Å². The Morgan fingerprint density at radius 2 is 1.84 bits per heavy atom. The second-order valence-electron chi connectivity index (χ2n) is 5.66. The fraction of sp³-hybridized carbons (Fsp3) is 0.533. The molecule has 1 aromatic carbocycles. The van der Waals surface area contributed by atoms with Crippen molar-refractivity contribution < 1.29 is 4.79 Å². The number of nitrogens with zero attached hydrogens (tertiary/aromatic N) is 1. The minimum atomic E-state index is -0.223. The van der Waals surface area contributed by atoms with Crippen LogP contribution in [0.3, 0.4) is 0 Å². The Hall–Kier alpha value is -1.39. The number of para-hydroxylation sites is 1. The van der Waals surface area contributed by atoms with E-state index in [1.54, 1.807) is 0 Å². The first-order valence-corrected chi connectivity index (χ1v) is 6.59. The van der Waals surface area contributed by atoms with Crippen molar-refractivity contribution in [1.29, 1.82) is 0 Å². The number of anilines is 1. The zero-order valence-electron chi connectivity index (χ0n) is 12.5. The zero-order chi connectivity index (χ0) is 14.5. The maximum absolute atomic E-state index is 12.0. The van der Waals surface area contributed by atoms with Crippen molar-refractivity contribution in [3.63, 3.8) is 0 Å². The minimum Gasteiger partial charge on any atom is -0.325 e. The van der Waals surface area contributed by atoms with Gasteiger partial charge in [-0.05, 0) is 47.0 Å². The van der Waals surface area contributed by atoms with Gasteiger partial charge in [-0.25, -0.2) is 0 Å². The van der Waals surface area contributed by atoms with Gasteiger partial charge >= 0.3 is 0 Å². The van der Waals surface area contributed by atoms with Crippen LogP contribution in [0.25, 0.3) is 0 Å². The molecule has 0 aliphatic carbocycles. The van der Waals surface area contributed by atoms with Crippen LogP contribution in [0.15, 0.2) is 30.3 Å². The first-order valence-electron chi connectivity index (χ1n) is 6.59. The summed E-state index contributed by atoms with van der Waals surface area (Å²) in [6.07, 6.45) is 0. The average molecular weight is 263 g/mol. The molecule has 0 fully saturated rings. The second-order valence-corrected chi connectivity index (χ2v) is 5.66. The van der Waals surface area contributed by atoms with E-state index in [1.807, 2.05) is 51.4 Å². The molecule has 1 amide bonds. The minimum absolute atomic E-state index is 0.0132. The number of likely N-dealkylation sites (N-methyl/N-ethyl adjacent to an activating group) is 1. The summed E-state index contributed by atoms with van der Waals surface area (Å²) in [5.74, 6) is -0.0132. The summed E-state index contributed by atoms with van der Waals surface area (Å²) in [5, 5.41) is 6.16. The van der Waals surface area contributed by atoms with Crippen molar-refractivity contribution in [3.05, 3.63) is 30.3 Å². The van der Waals surface area contributed by atoms with Crippen LogP contribution in [-0.4, -0.2) is 43.0 Å². The number of nitrogens with one attached hydrogen (secondary N) is 2. The van der Waals surface area contributed by atoms with Gasteiger partial charge in [-0.2, -0.15) is 0 Å². The number of carbonyl (C=O) groups is 1. The Labute approximate surface area is 116 Å². The van der Waals surface area contributed by atoms with Crippen LogP contribution in [0, 0.1) is 0 Å². The molecule has 2 N–H and O–H groups in total. The van der Waals surface area contributed by atoms with Gasteiger partial charge in [0.1, 0.15) is 0 Å². The predicted molar refractivity (Wildman–Crippen MR) is 80.3 cm³/mol. The van der Waals surface area contributed by atoms with Crippen LogP contribution in [0.4, 0.5) is 5.69 Å². The molecule has 0 aliphatic heterocycles. The summed E-state index contributed by atoms with van der Waals surface area (Å²) in [4.78, 5) is 14.2. The van der Waals surface area contributed by atoms with E-state index < -0.39 is 0 Å². The molecule has 106 valence electrons. The molecular formula is C15H25N3O. The lowest BCUT2D eigenvalue weighted by Gasteiger charge is -2.33. The van der Waals surface area contributed by atoms with E-state index in [0.29, 0.717) is 0 Å². The number of carbonyl (C=O) groups excluding carboxylic acids is 1.